The summed E-state index contributed by atoms with van der Waals surface area (Å²) in [4.78, 5) is 12.8. The molecule has 0 atom stereocenters. The third-order valence-electron chi connectivity index (χ3n) is 5.34. The molecule has 0 fully saturated rings. The van der Waals surface area contributed by atoms with Crippen LogP contribution in [0.1, 0.15) is 25.3 Å². The molecule has 1 N–H and O–H groups in total. The predicted molar refractivity (Wildman–Crippen MR) is 143 cm³/mol. The Labute approximate surface area is 217 Å². The van der Waals surface area contributed by atoms with Gasteiger partial charge in [0, 0.05) is 0 Å². The fourth-order valence-electron chi connectivity index (χ4n) is 3.34. The Morgan fingerprint density at radius 1 is 0.946 bits per heavy atom. The van der Waals surface area contributed by atoms with Crippen LogP contribution in [0.15, 0.2) is 82.8 Å². The molecule has 0 bridgehead atoms. The second kappa shape index (κ2) is 13.3. The molecule has 3 aromatic carbocycles. The van der Waals surface area contributed by atoms with Gasteiger partial charge in [-0.15, -0.1) is 0 Å². The first kappa shape index (κ1) is 27.5. The van der Waals surface area contributed by atoms with E-state index in [0.29, 0.717) is 18.1 Å². The largest absolute Gasteiger partial charge is 0.497 e. The Kier molecular flexibility index (Phi) is 9.91. The van der Waals surface area contributed by atoms with Crippen LogP contribution in [0.3, 0.4) is 0 Å². The van der Waals surface area contributed by atoms with E-state index in [1.165, 1.54) is 44.7 Å². The Hall–Kier alpha value is -4.05. The molecule has 1 amide bonds. The van der Waals surface area contributed by atoms with Gasteiger partial charge in [0.25, 0.3) is 15.9 Å². The van der Waals surface area contributed by atoms with E-state index in [4.69, 9.17) is 14.2 Å². The number of nitrogens with one attached hydrogen (secondary N) is 1. The van der Waals surface area contributed by atoms with Crippen molar-refractivity contribution in [1.82, 2.24) is 5.43 Å². The standard InChI is InChI=1S/C27H31N3O6S/c1-4-5-18-36-23-12-10-21(11-13-23)19-28-29-27(31)20-30(25-8-6-7-9-26(25)35-3)37(32,33)24-16-14-22(34-2)15-17-24/h6-17,19H,4-5,18,20H2,1-3H3,(H,29,31)/b28-19-. The summed E-state index contributed by atoms with van der Waals surface area (Å²) < 4.78 is 44.2. The zero-order valence-corrected chi connectivity index (χ0v) is 21.9. The number of methoxy groups -OCH3 is 2. The number of benzene rings is 3. The van der Waals surface area contributed by atoms with E-state index in [9.17, 15) is 13.2 Å². The van der Waals surface area contributed by atoms with Gasteiger partial charge in [0.05, 0.1) is 37.6 Å². The number of nitrogens with zero attached hydrogens (tertiary/aromatic N) is 2. The van der Waals surface area contributed by atoms with Crippen LogP contribution in [-0.2, 0) is 14.8 Å². The second-order valence-electron chi connectivity index (χ2n) is 7.92. The molecule has 0 saturated heterocycles. The number of carbonyl (C=O) groups excluding carboxylic acids is 1. The van der Waals surface area contributed by atoms with Crippen molar-refractivity contribution < 1.29 is 27.4 Å². The van der Waals surface area contributed by atoms with Gasteiger partial charge in [-0.05, 0) is 72.6 Å². The highest BCUT2D eigenvalue weighted by atomic mass is 32.2. The molecule has 37 heavy (non-hydrogen) atoms. The quantitative estimate of drug-likeness (QED) is 0.203. The molecule has 0 aliphatic rings. The van der Waals surface area contributed by atoms with Gasteiger partial charge in [-0.1, -0.05) is 25.5 Å². The molecule has 0 heterocycles. The maximum atomic E-state index is 13.6. The number of amides is 1. The van der Waals surface area contributed by atoms with Gasteiger partial charge in [-0.3, -0.25) is 9.10 Å². The van der Waals surface area contributed by atoms with E-state index < -0.39 is 22.5 Å². The van der Waals surface area contributed by atoms with Crippen molar-refractivity contribution in [3.63, 3.8) is 0 Å². The molecule has 10 heteroatoms. The van der Waals surface area contributed by atoms with Crippen LogP contribution in [0.25, 0.3) is 0 Å². The minimum Gasteiger partial charge on any atom is -0.497 e. The topological polar surface area (TPSA) is 107 Å². The Balaban J connectivity index is 1.76. The first-order valence-electron chi connectivity index (χ1n) is 11.7. The molecule has 3 rings (SSSR count). The number of anilines is 1. The van der Waals surface area contributed by atoms with Crippen molar-refractivity contribution >= 4 is 27.8 Å². The summed E-state index contributed by atoms with van der Waals surface area (Å²) in [7, 11) is -1.20. The van der Waals surface area contributed by atoms with Crippen LogP contribution in [0.5, 0.6) is 17.2 Å². The zero-order valence-electron chi connectivity index (χ0n) is 21.1. The van der Waals surface area contributed by atoms with Crippen molar-refractivity contribution in [2.75, 3.05) is 31.7 Å². The van der Waals surface area contributed by atoms with E-state index in [-0.39, 0.29) is 10.6 Å². The number of carbonyl (C=O) groups is 1. The van der Waals surface area contributed by atoms with Crippen LogP contribution in [-0.4, -0.2) is 47.9 Å². The molecule has 0 unspecified atom stereocenters. The van der Waals surface area contributed by atoms with Crippen LogP contribution in [0.4, 0.5) is 5.69 Å². The van der Waals surface area contributed by atoms with Gasteiger partial charge in [0.1, 0.15) is 23.8 Å². The normalized spacial score (nSPS) is 11.2. The van der Waals surface area contributed by atoms with Crippen LogP contribution < -0.4 is 23.9 Å². The minimum atomic E-state index is -4.13. The number of hydrogen-bond acceptors (Lipinski definition) is 7. The van der Waals surface area contributed by atoms with Gasteiger partial charge in [-0.2, -0.15) is 5.10 Å². The Bertz CT molecular complexity index is 1290. The highest BCUT2D eigenvalue weighted by Crippen LogP contribution is 2.32. The van der Waals surface area contributed by atoms with Crippen molar-refractivity contribution in [3.8, 4) is 17.2 Å². The third-order valence-corrected chi connectivity index (χ3v) is 7.11. The fraction of sp³-hybridized carbons (Fsp3) is 0.259. The summed E-state index contributed by atoms with van der Waals surface area (Å²) in [5.41, 5.74) is 3.37. The molecular weight excluding hydrogens is 494 g/mol. The van der Waals surface area contributed by atoms with E-state index in [1.807, 2.05) is 24.3 Å². The predicted octanol–water partition coefficient (Wildman–Crippen LogP) is 4.23. The monoisotopic (exact) mass is 525 g/mol. The molecule has 3 aromatic rings. The van der Waals surface area contributed by atoms with Crippen molar-refractivity contribution in [2.24, 2.45) is 5.10 Å². The Morgan fingerprint density at radius 2 is 1.62 bits per heavy atom. The van der Waals surface area contributed by atoms with E-state index >= 15 is 0 Å². The lowest BCUT2D eigenvalue weighted by molar-refractivity contribution is -0.119. The van der Waals surface area contributed by atoms with Gasteiger partial charge in [0.15, 0.2) is 0 Å². The average molecular weight is 526 g/mol. The lowest BCUT2D eigenvalue weighted by Crippen LogP contribution is -2.39. The third kappa shape index (κ3) is 7.47. The molecule has 0 aliphatic heterocycles. The first-order chi connectivity index (χ1) is 17.9. The number of para-hydroxylation sites is 2. The first-order valence-corrected chi connectivity index (χ1v) is 13.2. The lowest BCUT2D eigenvalue weighted by Gasteiger charge is -2.25. The van der Waals surface area contributed by atoms with Gasteiger partial charge < -0.3 is 14.2 Å². The highest BCUT2D eigenvalue weighted by molar-refractivity contribution is 7.92. The number of hydrazone groups is 1. The molecule has 196 valence electrons. The SMILES string of the molecule is CCCCOc1ccc(/C=N\NC(=O)CN(c2ccccc2OC)S(=O)(=O)c2ccc(OC)cc2)cc1. The van der Waals surface area contributed by atoms with Crippen LogP contribution >= 0.6 is 0 Å². The molecule has 0 aromatic heterocycles. The number of sulfonamides is 1. The van der Waals surface area contributed by atoms with Crippen molar-refractivity contribution in [1.29, 1.82) is 0 Å². The number of ether oxygens (including phenoxy) is 3. The summed E-state index contributed by atoms with van der Waals surface area (Å²) in [6.07, 6.45) is 3.51. The minimum absolute atomic E-state index is 0.00301. The van der Waals surface area contributed by atoms with E-state index in [1.54, 1.807) is 24.3 Å². The van der Waals surface area contributed by atoms with Crippen molar-refractivity contribution in [3.05, 3.63) is 78.4 Å². The maximum Gasteiger partial charge on any atom is 0.264 e. The summed E-state index contributed by atoms with van der Waals surface area (Å²) in [5.74, 6) is 0.942. The van der Waals surface area contributed by atoms with Gasteiger partial charge >= 0.3 is 0 Å². The van der Waals surface area contributed by atoms with Crippen molar-refractivity contribution in [2.45, 2.75) is 24.7 Å². The van der Waals surface area contributed by atoms with E-state index in [2.05, 4.69) is 17.5 Å². The molecular formula is C27H31N3O6S. The van der Waals surface area contributed by atoms with Crippen LogP contribution in [0.2, 0.25) is 0 Å². The smallest absolute Gasteiger partial charge is 0.264 e. The second-order valence-corrected chi connectivity index (χ2v) is 9.79. The fourth-order valence-corrected chi connectivity index (χ4v) is 4.77. The summed E-state index contributed by atoms with van der Waals surface area (Å²) >= 11 is 0. The Morgan fingerprint density at radius 3 is 2.27 bits per heavy atom. The maximum absolute atomic E-state index is 13.6. The summed E-state index contributed by atoms with van der Waals surface area (Å²) in [6, 6.07) is 19.8. The van der Waals surface area contributed by atoms with E-state index in [0.717, 1.165) is 28.5 Å². The molecule has 0 spiro atoms. The molecule has 9 nitrogen and oxygen atoms in total. The zero-order chi connectivity index (χ0) is 26.7. The molecule has 0 radical (unpaired) electrons. The average Bonchev–Trinajstić information content (AvgIpc) is 2.92. The van der Waals surface area contributed by atoms with Gasteiger partial charge in [0.2, 0.25) is 0 Å². The number of hydrogen-bond donors (Lipinski definition) is 1. The summed E-state index contributed by atoms with van der Waals surface area (Å²) in [5, 5.41) is 3.98. The molecule has 0 saturated carbocycles. The number of rotatable bonds is 13. The summed E-state index contributed by atoms with van der Waals surface area (Å²) in [6.45, 7) is 2.24. The number of unbranched alkanes of at least 4 members (excludes halogenated alkanes) is 1. The molecule has 0 aliphatic carbocycles. The lowest BCUT2D eigenvalue weighted by atomic mass is 10.2. The van der Waals surface area contributed by atoms with Crippen LogP contribution in [0, 0.1) is 0 Å². The highest BCUT2D eigenvalue weighted by Gasteiger charge is 2.29. The van der Waals surface area contributed by atoms with Gasteiger partial charge in [-0.25, -0.2) is 13.8 Å².